The number of piperazine rings is 1. The number of halogens is 1. The maximum Gasteiger partial charge on any atom is 0.134 e. The molecule has 2 aliphatic rings. The molecule has 0 amide bonds. The fourth-order valence-corrected chi connectivity index (χ4v) is 4.39. The average molecular weight is 444 g/mol. The third-order valence-electron chi connectivity index (χ3n) is 6.11. The molecule has 0 aliphatic carbocycles. The maximum atomic E-state index is 13.6. The van der Waals surface area contributed by atoms with E-state index in [9.17, 15) is 4.39 Å². The van der Waals surface area contributed by atoms with Crippen LogP contribution in [0.25, 0.3) is 0 Å². The van der Waals surface area contributed by atoms with Crippen molar-refractivity contribution in [1.29, 1.82) is 0 Å². The van der Waals surface area contributed by atoms with Crippen LogP contribution in [0.1, 0.15) is 12.8 Å². The number of nitrogens with one attached hydrogen (secondary N) is 1. The Balaban J connectivity index is 1.29. The van der Waals surface area contributed by atoms with E-state index >= 15 is 0 Å². The van der Waals surface area contributed by atoms with Crippen molar-refractivity contribution in [3.63, 3.8) is 0 Å². The van der Waals surface area contributed by atoms with E-state index in [1.54, 1.807) is 18.5 Å². The van der Waals surface area contributed by atoms with Gasteiger partial charge in [-0.2, -0.15) is 0 Å². The third kappa shape index (κ3) is 6.27. The molecule has 4 rings (SSSR count). The monoisotopic (exact) mass is 443 g/mol. The van der Waals surface area contributed by atoms with Crippen LogP contribution in [0.2, 0.25) is 0 Å². The van der Waals surface area contributed by atoms with Crippen molar-refractivity contribution < 1.29 is 9.13 Å². The first-order valence-corrected chi connectivity index (χ1v) is 11.6. The molecular formula is C23H34FN7O. The molecule has 2 aromatic rings. The Morgan fingerprint density at radius 2 is 1.94 bits per heavy atom. The first-order chi connectivity index (χ1) is 15.7. The number of rotatable bonds is 9. The minimum Gasteiger partial charge on any atom is -0.379 e. The van der Waals surface area contributed by atoms with Gasteiger partial charge in [0.05, 0.1) is 13.2 Å². The zero-order valence-corrected chi connectivity index (χ0v) is 18.6. The van der Waals surface area contributed by atoms with E-state index in [0.29, 0.717) is 13.2 Å². The SMILES string of the molecule is NCCOCCN1CCN(c2cc(N[C@@H]3CCCN(c4cccc(F)c4)C3)ncn2)CC1. The number of aromatic nitrogens is 2. The summed E-state index contributed by atoms with van der Waals surface area (Å²) in [5.41, 5.74) is 6.40. The fraction of sp³-hybridized carbons (Fsp3) is 0.565. The van der Waals surface area contributed by atoms with E-state index in [1.165, 1.54) is 6.07 Å². The van der Waals surface area contributed by atoms with E-state index in [-0.39, 0.29) is 11.9 Å². The van der Waals surface area contributed by atoms with Crippen LogP contribution >= 0.6 is 0 Å². The lowest BCUT2D eigenvalue weighted by Gasteiger charge is -2.36. The Bertz CT molecular complexity index is 847. The lowest BCUT2D eigenvalue weighted by atomic mass is 10.0. The van der Waals surface area contributed by atoms with Gasteiger partial charge in [0, 0.05) is 70.2 Å². The number of benzene rings is 1. The van der Waals surface area contributed by atoms with E-state index in [2.05, 4.69) is 30.0 Å². The minimum absolute atomic E-state index is 0.193. The molecule has 3 N–H and O–H groups in total. The largest absolute Gasteiger partial charge is 0.379 e. The second kappa shape index (κ2) is 11.4. The molecule has 9 heteroatoms. The van der Waals surface area contributed by atoms with E-state index in [4.69, 9.17) is 10.5 Å². The van der Waals surface area contributed by atoms with E-state index < -0.39 is 0 Å². The van der Waals surface area contributed by atoms with Crippen LogP contribution in [0.4, 0.5) is 21.7 Å². The van der Waals surface area contributed by atoms with Crippen molar-refractivity contribution in [2.24, 2.45) is 5.73 Å². The van der Waals surface area contributed by atoms with Crippen molar-refractivity contribution in [2.45, 2.75) is 18.9 Å². The molecule has 1 aromatic carbocycles. The van der Waals surface area contributed by atoms with Gasteiger partial charge in [-0.1, -0.05) is 6.07 Å². The van der Waals surface area contributed by atoms with Crippen molar-refractivity contribution >= 4 is 17.3 Å². The Kier molecular flexibility index (Phi) is 8.08. The van der Waals surface area contributed by atoms with Crippen LogP contribution in [0.5, 0.6) is 0 Å². The molecule has 0 unspecified atom stereocenters. The van der Waals surface area contributed by atoms with Crippen molar-refractivity contribution in [3.05, 3.63) is 42.5 Å². The van der Waals surface area contributed by atoms with Crippen LogP contribution in [0.3, 0.4) is 0 Å². The highest BCUT2D eigenvalue weighted by atomic mass is 19.1. The lowest BCUT2D eigenvalue weighted by molar-refractivity contribution is 0.107. The first-order valence-electron chi connectivity index (χ1n) is 11.6. The van der Waals surface area contributed by atoms with Crippen LogP contribution in [0, 0.1) is 5.82 Å². The molecule has 0 spiro atoms. The fourth-order valence-electron chi connectivity index (χ4n) is 4.39. The lowest BCUT2D eigenvalue weighted by Crippen LogP contribution is -2.47. The quantitative estimate of drug-likeness (QED) is 0.568. The molecule has 8 nitrogen and oxygen atoms in total. The Hall–Kier alpha value is -2.49. The van der Waals surface area contributed by atoms with Gasteiger partial charge in [-0.05, 0) is 31.0 Å². The Labute approximate surface area is 189 Å². The summed E-state index contributed by atoms with van der Waals surface area (Å²) in [5, 5.41) is 3.57. The highest BCUT2D eigenvalue weighted by Gasteiger charge is 2.22. The predicted molar refractivity (Wildman–Crippen MR) is 126 cm³/mol. The number of nitrogens with zero attached hydrogens (tertiary/aromatic N) is 5. The molecule has 2 aliphatic heterocycles. The van der Waals surface area contributed by atoms with Gasteiger partial charge in [0.1, 0.15) is 23.8 Å². The zero-order chi connectivity index (χ0) is 22.2. The summed E-state index contributed by atoms with van der Waals surface area (Å²) in [4.78, 5) is 15.9. The number of anilines is 3. The van der Waals surface area contributed by atoms with Crippen LogP contribution in [-0.2, 0) is 4.74 Å². The Morgan fingerprint density at radius 1 is 1.06 bits per heavy atom. The van der Waals surface area contributed by atoms with Crippen molar-refractivity contribution in [2.75, 3.05) is 80.7 Å². The Morgan fingerprint density at radius 3 is 2.75 bits per heavy atom. The van der Waals surface area contributed by atoms with Gasteiger partial charge in [-0.3, -0.25) is 4.90 Å². The van der Waals surface area contributed by atoms with Gasteiger partial charge in [0.2, 0.25) is 0 Å². The van der Waals surface area contributed by atoms with Gasteiger partial charge in [0.25, 0.3) is 0 Å². The third-order valence-corrected chi connectivity index (χ3v) is 6.11. The molecule has 0 radical (unpaired) electrons. The second-order valence-corrected chi connectivity index (χ2v) is 8.40. The number of hydrogen-bond donors (Lipinski definition) is 2. The van der Waals surface area contributed by atoms with Crippen molar-refractivity contribution in [3.8, 4) is 0 Å². The molecule has 32 heavy (non-hydrogen) atoms. The average Bonchev–Trinajstić information content (AvgIpc) is 2.83. The predicted octanol–water partition coefficient (Wildman–Crippen LogP) is 1.79. The van der Waals surface area contributed by atoms with Gasteiger partial charge in [-0.25, -0.2) is 14.4 Å². The second-order valence-electron chi connectivity index (χ2n) is 8.40. The standard InChI is InChI=1S/C23H34FN7O/c24-19-3-1-5-21(15-19)31-7-2-4-20(17-31)28-22-16-23(27-18-26-22)30-10-8-29(9-11-30)12-14-32-13-6-25/h1,3,5,15-16,18,20H,2,4,6-14,17,25H2,(H,26,27,28)/t20-/m1/s1. The maximum absolute atomic E-state index is 13.6. The number of piperidine rings is 1. The molecule has 174 valence electrons. The van der Waals surface area contributed by atoms with Gasteiger partial charge in [-0.15, -0.1) is 0 Å². The molecular weight excluding hydrogens is 409 g/mol. The summed E-state index contributed by atoms with van der Waals surface area (Å²) in [5.74, 6) is 1.61. The molecule has 0 saturated carbocycles. The summed E-state index contributed by atoms with van der Waals surface area (Å²) in [6.07, 6.45) is 3.76. The molecule has 1 aromatic heterocycles. The number of nitrogens with two attached hydrogens (primary N) is 1. The van der Waals surface area contributed by atoms with Crippen molar-refractivity contribution in [1.82, 2.24) is 14.9 Å². The minimum atomic E-state index is -0.193. The number of ether oxygens (including phenoxy) is 1. The summed E-state index contributed by atoms with van der Waals surface area (Å²) >= 11 is 0. The highest BCUT2D eigenvalue weighted by molar-refractivity contribution is 5.51. The zero-order valence-electron chi connectivity index (χ0n) is 18.6. The topological polar surface area (TPSA) is 82.8 Å². The highest BCUT2D eigenvalue weighted by Crippen LogP contribution is 2.23. The van der Waals surface area contributed by atoms with Crippen LogP contribution < -0.4 is 20.9 Å². The first kappa shape index (κ1) is 22.7. The normalized spacial score (nSPS) is 19.9. The summed E-state index contributed by atoms with van der Waals surface area (Å²) in [7, 11) is 0. The molecule has 2 fully saturated rings. The summed E-state index contributed by atoms with van der Waals surface area (Å²) < 4.78 is 19.1. The van der Waals surface area contributed by atoms with E-state index in [0.717, 1.165) is 82.6 Å². The molecule has 0 bridgehead atoms. The summed E-state index contributed by atoms with van der Waals surface area (Å²) in [6.45, 7) is 8.48. The summed E-state index contributed by atoms with van der Waals surface area (Å²) in [6, 6.07) is 9.14. The molecule has 1 atom stereocenters. The van der Waals surface area contributed by atoms with Gasteiger partial charge >= 0.3 is 0 Å². The number of hydrogen-bond acceptors (Lipinski definition) is 8. The van der Waals surface area contributed by atoms with Crippen LogP contribution in [0.15, 0.2) is 36.7 Å². The smallest absolute Gasteiger partial charge is 0.134 e. The van der Waals surface area contributed by atoms with Gasteiger partial charge in [0.15, 0.2) is 0 Å². The van der Waals surface area contributed by atoms with Gasteiger partial charge < -0.3 is 25.6 Å². The molecule has 3 heterocycles. The van der Waals surface area contributed by atoms with Crippen LogP contribution in [-0.4, -0.2) is 86.5 Å². The molecule has 2 saturated heterocycles. The van der Waals surface area contributed by atoms with E-state index in [1.807, 2.05) is 12.1 Å².